The average molecular weight is 287 g/mol. The number of hydrogen-bond donors (Lipinski definition) is 1. The van der Waals surface area contributed by atoms with Crippen LogP contribution < -0.4 is 0 Å². The first-order valence-corrected chi connectivity index (χ1v) is 7.60. The Labute approximate surface area is 125 Å². The number of halogens is 1. The first-order valence-electron chi connectivity index (χ1n) is 7.22. The molecule has 1 aliphatic carbocycles. The lowest BCUT2D eigenvalue weighted by Gasteiger charge is -2.35. The van der Waals surface area contributed by atoms with Crippen LogP contribution in [0.4, 0.5) is 0 Å². The topological polar surface area (TPSA) is 20.2 Å². The fraction of sp³-hybridized carbons (Fsp3) is 0.333. The molecule has 2 aromatic rings. The largest absolute Gasteiger partial charge is 0.387 e. The predicted molar refractivity (Wildman–Crippen MR) is 83.0 cm³/mol. The molecular formula is C18H19ClO. The normalized spacial score (nSPS) is 18.9. The van der Waals surface area contributed by atoms with E-state index in [4.69, 9.17) is 11.6 Å². The van der Waals surface area contributed by atoms with Gasteiger partial charge in [0, 0.05) is 10.4 Å². The minimum atomic E-state index is -0.541. The summed E-state index contributed by atoms with van der Waals surface area (Å²) in [4.78, 5) is 0. The summed E-state index contributed by atoms with van der Waals surface area (Å²) >= 11 is 6.29. The van der Waals surface area contributed by atoms with Gasteiger partial charge in [0.15, 0.2) is 0 Å². The van der Waals surface area contributed by atoms with Crippen molar-refractivity contribution in [2.24, 2.45) is 0 Å². The van der Waals surface area contributed by atoms with E-state index < -0.39 is 6.10 Å². The van der Waals surface area contributed by atoms with Gasteiger partial charge < -0.3 is 5.11 Å². The van der Waals surface area contributed by atoms with Crippen LogP contribution in [0.3, 0.4) is 0 Å². The van der Waals surface area contributed by atoms with Crippen molar-refractivity contribution in [2.45, 2.75) is 37.2 Å². The SMILES string of the molecule is OC(c1ccccc1Cl)C1(c2ccccc2)CCCC1. The predicted octanol–water partition coefficient (Wildman–Crippen LogP) is 4.89. The van der Waals surface area contributed by atoms with Gasteiger partial charge in [0.1, 0.15) is 0 Å². The number of hydrogen-bond acceptors (Lipinski definition) is 1. The molecule has 0 aromatic heterocycles. The summed E-state index contributed by atoms with van der Waals surface area (Å²) in [5, 5.41) is 11.7. The molecule has 1 fully saturated rings. The summed E-state index contributed by atoms with van der Waals surface area (Å²) in [7, 11) is 0. The second kappa shape index (κ2) is 5.59. The Bertz CT molecular complexity index is 573. The molecule has 3 rings (SSSR count). The summed E-state index contributed by atoms with van der Waals surface area (Å²) in [5.74, 6) is 0. The van der Waals surface area contributed by atoms with Crippen molar-refractivity contribution < 1.29 is 5.11 Å². The van der Waals surface area contributed by atoms with Crippen LogP contribution in [0.5, 0.6) is 0 Å². The zero-order valence-electron chi connectivity index (χ0n) is 11.4. The highest BCUT2D eigenvalue weighted by molar-refractivity contribution is 6.31. The van der Waals surface area contributed by atoms with Crippen LogP contribution in [0, 0.1) is 0 Å². The monoisotopic (exact) mass is 286 g/mol. The molecule has 1 nitrogen and oxygen atoms in total. The molecule has 1 unspecified atom stereocenters. The van der Waals surface area contributed by atoms with Gasteiger partial charge in [0.2, 0.25) is 0 Å². The van der Waals surface area contributed by atoms with Crippen molar-refractivity contribution in [3.63, 3.8) is 0 Å². The molecule has 104 valence electrons. The van der Waals surface area contributed by atoms with E-state index in [0.29, 0.717) is 5.02 Å². The summed E-state index contributed by atoms with van der Waals surface area (Å²) in [6, 6.07) is 18.0. The second-order valence-corrected chi connectivity index (χ2v) is 6.06. The van der Waals surface area contributed by atoms with Gasteiger partial charge in [-0.1, -0.05) is 73.0 Å². The molecule has 0 radical (unpaired) electrons. The lowest BCUT2D eigenvalue weighted by molar-refractivity contribution is 0.0823. The lowest BCUT2D eigenvalue weighted by Crippen LogP contribution is -2.30. The Balaban J connectivity index is 2.06. The third kappa shape index (κ3) is 2.25. The van der Waals surface area contributed by atoms with Crippen molar-refractivity contribution in [3.8, 4) is 0 Å². The van der Waals surface area contributed by atoms with E-state index in [9.17, 15) is 5.11 Å². The molecule has 20 heavy (non-hydrogen) atoms. The van der Waals surface area contributed by atoms with E-state index in [-0.39, 0.29) is 5.41 Å². The van der Waals surface area contributed by atoms with E-state index >= 15 is 0 Å². The molecule has 2 heteroatoms. The Morgan fingerprint density at radius 3 is 2.15 bits per heavy atom. The molecule has 1 saturated carbocycles. The average Bonchev–Trinajstić information content (AvgIpc) is 2.99. The lowest BCUT2D eigenvalue weighted by atomic mass is 9.72. The van der Waals surface area contributed by atoms with Crippen LogP contribution in [0.2, 0.25) is 5.02 Å². The highest BCUT2D eigenvalue weighted by Crippen LogP contribution is 2.50. The maximum Gasteiger partial charge on any atom is 0.0900 e. The smallest absolute Gasteiger partial charge is 0.0900 e. The zero-order chi connectivity index (χ0) is 14.0. The molecule has 0 heterocycles. The fourth-order valence-electron chi connectivity index (χ4n) is 3.49. The van der Waals surface area contributed by atoms with E-state index in [1.165, 1.54) is 5.56 Å². The molecule has 1 N–H and O–H groups in total. The minimum Gasteiger partial charge on any atom is -0.387 e. The molecule has 1 atom stereocenters. The second-order valence-electron chi connectivity index (χ2n) is 5.65. The van der Waals surface area contributed by atoms with Gasteiger partial charge in [-0.2, -0.15) is 0 Å². The summed E-state index contributed by atoms with van der Waals surface area (Å²) in [6.45, 7) is 0. The number of benzene rings is 2. The van der Waals surface area contributed by atoms with Gasteiger partial charge in [-0.05, 0) is 30.0 Å². The van der Waals surface area contributed by atoms with Crippen molar-refractivity contribution in [1.82, 2.24) is 0 Å². The molecule has 0 amide bonds. The maximum absolute atomic E-state index is 11.0. The van der Waals surface area contributed by atoms with Gasteiger partial charge in [0.05, 0.1) is 6.10 Å². The van der Waals surface area contributed by atoms with Crippen LogP contribution in [0.25, 0.3) is 0 Å². The molecular weight excluding hydrogens is 268 g/mol. The summed E-state index contributed by atoms with van der Waals surface area (Å²) in [6.07, 6.45) is 3.82. The van der Waals surface area contributed by atoms with Gasteiger partial charge in [-0.3, -0.25) is 0 Å². The van der Waals surface area contributed by atoms with Crippen LogP contribution >= 0.6 is 11.6 Å². The van der Waals surface area contributed by atoms with Gasteiger partial charge in [-0.15, -0.1) is 0 Å². The van der Waals surface area contributed by atoms with Crippen LogP contribution in [-0.4, -0.2) is 5.11 Å². The number of aliphatic hydroxyl groups excluding tert-OH is 1. The third-order valence-electron chi connectivity index (χ3n) is 4.57. The molecule has 0 spiro atoms. The molecule has 0 bridgehead atoms. The van der Waals surface area contributed by atoms with E-state index in [1.807, 2.05) is 30.3 Å². The summed E-state index contributed by atoms with van der Waals surface area (Å²) in [5.41, 5.74) is 1.89. The Morgan fingerprint density at radius 2 is 1.50 bits per heavy atom. The van der Waals surface area contributed by atoms with E-state index in [2.05, 4.69) is 24.3 Å². The Morgan fingerprint density at radius 1 is 0.900 bits per heavy atom. The van der Waals surface area contributed by atoms with Crippen molar-refractivity contribution >= 4 is 11.6 Å². The molecule has 2 aromatic carbocycles. The standard InChI is InChI=1S/C18H19ClO/c19-16-11-5-4-10-15(16)17(20)18(12-6-7-13-18)14-8-2-1-3-9-14/h1-5,8-11,17,20H,6-7,12-13H2. The van der Waals surface area contributed by atoms with E-state index in [1.54, 1.807) is 0 Å². The van der Waals surface area contributed by atoms with Crippen LogP contribution in [-0.2, 0) is 5.41 Å². The third-order valence-corrected chi connectivity index (χ3v) is 4.91. The summed E-state index contributed by atoms with van der Waals surface area (Å²) < 4.78 is 0. The zero-order valence-corrected chi connectivity index (χ0v) is 12.2. The Kier molecular flexibility index (Phi) is 3.82. The minimum absolute atomic E-state index is 0.188. The molecule has 1 aliphatic rings. The number of rotatable bonds is 3. The molecule has 0 aliphatic heterocycles. The van der Waals surface area contributed by atoms with Gasteiger partial charge >= 0.3 is 0 Å². The van der Waals surface area contributed by atoms with E-state index in [0.717, 1.165) is 31.2 Å². The maximum atomic E-state index is 11.0. The molecule has 0 saturated heterocycles. The van der Waals surface area contributed by atoms with Crippen LogP contribution in [0.15, 0.2) is 54.6 Å². The van der Waals surface area contributed by atoms with Crippen LogP contribution in [0.1, 0.15) is 42.9 Å². The first kappa shape index (κ1) is 13.7. The van der Waals surface area contributed by atoms with Crippen molar-refractivity contribution in [3.05, 3.63) is 70.7 Å². The van der Waals surface area contributed by atoms with Crippen molar-refractivity contribution in [2.75, 3.05) is 0 Å². The highest BCUT2D eigenvalue weighted by atomic mass is 35.5. The Hall–Kier alpha value is -1.31. The quantitative estimate of drug-likeness (QED) is 0.852. The highest BCUT2D eigenvalue weighted by Gasteiger charge is 2.43. The fourth-order valence-corrected chi connectivity index (χ4v) is 3.73. The first-order chi connectivity index (χ1) is 9.74. The van der Waals surface area contributed by atoms with Gasteiger partial charge in [0.25, 0.3) is 0 Å². The van der Waals surface area contributed by atoms with Crippen molar-refractivity contribution in [1.29, 1.82) is 0 Å². The van der Waals surface area contributed by atoms with Gasteiger partial charge in [-0.25, -0.2) is 0 Å². The number of aliphatic hydroxyl groups is 1.